The summed E-state index contributed by atoms with van der Waals surface area (Å²) in [5, 5.41) is 6.98. The molecule has 2 aliphatic rings. The lowest BCUT2D eigenvalue weighted by atomic mass is 9.71. The third kappa shape index (κ3) is 3.76. The van der Waals surface area contributed by atoms with Crippen LogP contribution in [0.4, 0.5) is 5.69 Å². The molecule has 1 N–H and O–H groups in total. The summed E-state index contributed by atoms with van der Waals surface area (Å²) < 4.78 is 9.42. The summed E-state index contributed by atoms with van der Waals surface area (Å²) in [6.07, 6.45) is 8.75. The molecule has 2 aliphatic carbocycles. The van der Waals surface area contributed by atoms with Crippen molar-refractivity contribution in [1.29, 1.82) is 0 Å². The number of anilines is 1. The topological polar surface area (TPSA) is 82.1 Å². The van der Waals surface area contributed by atoms with Crippen molar-refractivity contribution in [2.45, 2.75) is 92.0 Å². The lowest BCUT2D eigenvalue weighted by molar-refractivity contribution is 0.101. The predicted octanol–water partition coefficient (Wildman–Crippen LogP) is 5.53. The monoisotopic (exact) mass is 440 g/mol. The van der Waals surface area contributed by atoms with Gasteiger partial charge in [0.05, 0.1) is 11.7 Å². The van der Waals surface area contributed by atoms with Crippen LogP contribution in [0.25, 0.3) is 5.57 Å². The maximum atomic E-state index is 13.2. The molecule has 0 spiro atoms. The minimum absolute atomic E-state index is 0.0237. The second kappa shape index (κ2) is 8.41. The van der Waals surface area contributed by atoms with Crippen LogP contribution in [-0.2, 0) is 7.05 Å². The smallest absolute Gasteiger partial charge is 0.291 e. The molecule has 0 bridgehead atoms. The number of aromatic nitrogens is 3. The van der Waals surface area contributed by atoms with Crippen LogP contribution in [0.3, 0.4) is 0 Å². The van der Waals surface area contributed by atoms with Crippen molar-refractivity contribution in [3.8, 4) is 0 Å². The maximum absolute atomic E-state index is 13.2. The van der Waals surface area contributed by atoms with Crippen molar-refractivity contribution in [1.82, 2.24) is 14.5 Å². The normalized spacial score (nSPS) is 19.4. The first-order chi connectivity index (χ1) is 15.1. The molecule has 4 rings (SSSR count). The Labute approximate surface area is 189 Å². The van der Waals surface area contributed by atoms with Gasteiger partial charge in [-0.3, -0.25) is 14.3 Å². The Morgan fingerprint density at radius 2 is 1.81 bits per heavy atom. The summed E-state index contributed by atoms with van der Waals surface area (Å²) in [7, 11) is 1.89. The molecule has 1 saturated carbocycles. The fourth-order valence-electron chi connectivity index (χ4n) is 5.69. The number of nitrogens with zero attached hydrogens (tertiary/aromatic N) is 3. The van der Waals surface area contributed by atoms with Gasteiger partial charge < -0.3 is 9.84 Å². The van der Waals surface area contributed by atoms with Gasteiger partial charge in [-0.2, -0.15) is 0 Å². The van der Waals surface area contributed by atoms with Crippen molar-refractivity contribution in [2.24, 2.45) is 12.5 Å². The Morgan fingerprint density at radius 1 is 1.12 bits per heavy atom. The van der Waals surface area contributed by atoms with E-state index in [1.165, 1.54) is 12.0 Å². The first-order valence-electron chi connectivity index (χ1n) is 11.9. The van der Waals surface area contributed by atoms with Crippen molar-refractivity contribution >= 4 is 17.2 Å². The van der Waals surface area contributed by atoms with E-state index >= 15 is 0 Å². The van der Waals surface area contributed by atoms with Gasteiger partial charge in [0.15, 0.2) is 11.5 Å². The van der Waals surface area contributed by atoms with E-state index in [1.807, 2.05) is 30.3 Å². The Morgan fingerprint density at radius 3 is 2.47 bits per heavy atom. The Hall–Kier alpha value is -2.57. The number of rotatable bonds is 4. The highest BCUT2D eigenvalue weighted by molar-refractivity contribution is 6.04. The maximum Gasteiger partial charge on any atom is 0.291 e. The number of hydrogen-bond acceptors (Lipinski definition) is 4. The molecule has 0 atom stereocenters. The van der Waals surface area contributed by atoms with Gasteiger partial charge in [0, 0.05) is 18.2 Å². The quantitative estimate of drug-likeness (QED) is 0.677. The third-order valence-corrected chi connectivity index (χ3v) is 7.57. The van der Waals surface area contributed by atoms with Gasteiger partial charge in [0.1, 0.15) is 5.69 Å². The van der Waals surface area contributed by atoms with Gasteiger partial charge in [-0.15, -0.1) is 0 Å². The molecular formula is C25H36N4O3. The van der Waals surface area contributed by atoms with E-state index in [2.05, 4.69) is 31.2 Å². The van der Waals surface area contributed by atoms with Gasteiger partial charge in [0.25, 0.3) is 11.5 Å². The van der Waals surface area contributed by atoms with Crippen molar-refractivity contribution in [3.63, 3.8) is 0 Å². The molecule has 1 fully saturated rings. The van der Waals surface area contributed by atoms with Crippen molar-refractivity contribution < 1.29 is 9.32 Å². The molecule has 1 amide bonds. The van der Waals surface area contributed by atoms with Gasteiger partial charge in [-0.1, -0.05) is 43.8 Å². The van der Waals surface area contributed by atoms with Crippen LogP contribution in [0.2, 0.25) is 0 Å². The van der Waals surface area contributed by atoms with E-state index in [-0.39, 0.29) is 22.7 Å². The molecule has 174 valence electrons. The highest BCUT2D eigenvalue weighted by atomic mass is 16.5. The number of carbonyl (C=O) groups is 1. The van der Waals surface area contributed by atoms with Crippen LogP contribution in [0.1, 0.15) is 106 Å². The molecule has 0 aromatic carbocycles. The first kappa shape index (κ1) is 22.6. The first-order valence-corrected chi connectivity index (χ1v) is 11.9. The summed E-state index contributed by atoms with van der Waals surface area (Å²) in [5.41, 5.74) is 4.34. The fourth-order valence-corrected chi connectivity index (χ4v) is 5.69. The van der Waals surface area contributed by atoms with Crippen LogP contribution in [0.5, 0.6) is 0 Å². The zero-order valence-corrected chi connectivity index (χ0v) is 20.3. The van der Waals surface area contributed by atoms with Crippen LogP contribution >= 0.6 is 0 Å². The van der Waals surface area contributed by atoms with Gasteiger partial charge in [-0.05, 0) is 58.3 Å². The largest absolute Gasteiger partial charge is 0.356 e. The fraction of sp³-hybridized carbons (Fsp3) is 0.640. The van der Waals surface area contributed by atoms with Gasteiger partial charge in [-0.25, -0.2) is 4.68 Å². The second-order valence-corrected chi connectivity index (χ2v) is 10.3. The third-order valence-electron chi connectivity index (χ3n) is 7.57. The summed E-state index contributed by atoms with van der Waals surface area (Å²) in [6, 6.07) is 0.189. The number of amides is 1. The zero-order chi connectivity index (χ0) is 23.2. The average Bonchev–Trinajstić information content (AvgIpc) is 3.21. The molecule has 2 aromatic rings. The Bertz CT molecular complexity index is 1120. The summed E-state index contributed by atoms with van der Waals surface area (Å²) in [4.78, 5) is 26.4. The second-order valence-electron chi connectivity index (χ2n) is 10.3. The number of allylic oxidation sites excluding steroid dienone is 2. The SMILES string of the molecule is CC1=C(c2onc(C(=O)Nc3c(C)n(C)n(C4CCCCC4)c3=O)c2C)C(C)(C)CCC1. The van der Waals surface area contributed by atoms with E-state index < -0.39 is 5.91 Å². The molecule has 7 nitrogen and oxygen atoms in total. The zero-order valence-electron chi connectivity index (χ0n) is 20.3. The molecule has 7 heteroatoms. The molecule has 0 unspecified atom stereocenters. The number of nitrogens with one attached hydrogen (secondary N) is 1. The van der Waals surface area contributed by atoms with Crippen molar-refractivity contribution in [2.75, 3.05) is 5.32 Å². The highest BCUT2D eigenvalue weighted by Gasteiger charge is 2.34. The minimum Gasteiger partial charge on any atom is -0.356 e. The van der Waals surface area contributed by atoms with E-state index in [0.29, 0.717) is 11.4 Å². The number of hydrogen-bond donors (Lipinski definition) is 1. The molecular weight excluding hydrogens is 404 g/mol. The Balaban J connectivity index is 1.65. The van der Waals surface area contributed by atoms with Gasteiger partial charge in [0.2, 0.25) is 0 Å². The minimum atomic E-state index is -0.397. The summed E-state index contributed by atoms with van der Waals surface area (Å²) >= 11 is 0. The van der Waals surface area contributed by atoms with E-state index in [0.717, 1.165) is 61.8 Å². The molecule has 0 radical (unpaired) electrons. The molecule has 2 aromatic heterocycles. The molecule has 0 aliphatic heterocycles. The predicted molar refractivity (Wildman–Crippen MR) is 126 cm³/mol. The van der Waals surface area contributed by atoms with E-state index in [9.17, 15) is 9.59 Å². The molecule has 0 saturated heterocycles. The van der Waals surface area contributed by atoms with Crippen LogP contribution in [-0.4, -0.2) is 20.4 Å². The lowest BCUT2D eigenvalue weighted by Crippen LogP contribution is -2.29. The summed E-state index contributed by atoms with van der Waals surface area (Å²) in [6.45, 7) is 10.3. The van der Waals surface area contributed by atoms with E-state index in [1.54, 1.807) is 0 Å². The van der Waals surface area contributed by atoms with Crippen molar-refractivity contribution in [3.05, 3.63) is 38.6 Å². The van der Waals surface area contributed by atoms with Crippen LogP contribution in [0.15, 0.2) is 14.9 Å². The lowest BCUT2D eigenvalue weighted by Gasteiger charge is -2.33. The molecule has 2 heterocycles. The standard InChI is InChI=1S/C25H36N4O3/c1-15-11-10-14-25(4,5)19(15)22-16(2)20(27-32-22)23(30)26-21-17(3)28(6)29(24(21)31)18-12-8-7-9-13-18/h18H,7-14H2,1-6H3,(H,26,30). The van der Waals surface area contributed by atoms with Gasteiger partial charge >= 0.3 is 0 Å². The van der Waals surface area contributed by atoms with E-state index in [4.69, 9.17) is 4.52 Å². The average molecular weight is 441 g/mol. The molecule has 32 heavy (non-hydrogen) atoms. The Kier molecular flexibility index (Phi) is 5.94. The highest BCUT2D eigenvalue weighted by Crippen LogP contribution is 2.46. The van der Waals surface area contributed by atoms with Crippen LogP contribution < -0.4 is 10.9 Å². The van der Waals surface area contributed by atoms with Crippen LogP contribution in [0, 0.1) is 19.3 Å². The summed E-state index contributed by atoms with van der Waals surface area (Å²) in [5.74, 6) is 0.299. The number of carbonyl (C=O) groups excluding carboxylic acids is 1.